The molecule has 1 heterocycles. The van der Waals surface area contributed by atoms with Gasteiger partial charge in [-0.05, 0) is 30.5 Å². The van der Waals surface area contributed by atoms with Crippen LogP contribution in [0.15, 0.2) is 36.4 Å². The summed E-state index contributed by atoms with van der Waals surface area (Å²) < 4.78 is 16.7. The van der Waals surface area contributed by atoms with Gasteiger partial charge in [-0.25, -0.2) is 0 Å². The Bertz CT molecular complexity index is 1300. The zero-order valence-corrected chi connectivity index (χ0v) is 30.2. The van der Waals surface area contributed by atoms with Crippen LogP contribution in [0.2, 0.25) is 0 Å². The van der Waals surface area contributed by atoms with Crippen LogP contribution in [0.25, 0.3) is 0 Å². The molecule has 0 aliphatic carbocycles. The summed E-state index contributed by atoms with van der Waals surface area (Å²) in [6.07, 6.45) is 12.0. The van der Waals surface area contributed by atoms with Crippen LogP contribution >= 0.6 is 0 Å². The lowest BCUT2D eigenvalue weighted by Gasteiger charge is -2.40. The Morgan fingerprint density at radius 3 is 1.78 bits per heavy atom. The number of aliphatic hydroxyl groups excluding tert-OH is 3. The van der Waals surface area contributed by atoms with E-state index in [4.69, 9.17) is 14.2 Å². The number of aromatic hydroxyl groups is 3. The van der Waals surface area contributed by atoms with Crippen LogP contribution in [0.4, 0.5) is 0 Å². The van der Waals surface area contributed by atoms with E-state index in [0.29, 0.717) is 6.42 Å². The first kappa shape index (κ1) is 42.0. The quantitative estimate of drug-likeness (QED) is 0.0353. The number of Topliss-reactive ketones (excluding diaryl/α,β-unsaturated/α-hetero) is 1. The zero-order valence-electron chi connectivity index (χ0n) is 30.2. The number of ketones is 1. The summed E-state index contributed by atoms with van der Waals surface area (Å²) in [5, 5.41) is 61.8. The highest BCUT2D eigenvalue weighted by Crippen LogP contribution is 2.36. The summed E-state index contributed by atoms with van der Waals surface area (Å²) in [6, 6.07) is 8.33. The lowest BCUT2D eigenvalue weighted by atomic mass is 9.98. The molecule has 1 fully saturated rings. The minimum absolute atomic E-state index is 0.0626. The van der Waals surface area contributed by atoms with E-state index in [1.807, 2.05) is 0 Å². The highest BCUT2D eigenvalue weighted by molar-refractivity contribution is 6.01. The predicted molar refractivity (Wildman–Crippen MR) is 193 cm³/mol. The topological polar surface area (TPSA) is 183 Å². The van der Waals surface area contributed by atoms with Crippen LogP contribution in [0.5, 0.6) is 23.0 Å². The first-order chi connectivity index (χ1) is 24.6. The van der Waals surface area contributed by atoms with E-state index in [2.05, 4.69) is 6.92 Å². The van der Waals surface area contributed by atoms with Crippen molar-refractivity contribution in [3.05, 3.63) is 47.5 Å². The number of benzene rings is 2. The molecule has 3 rings (SSSR count). The number of rotatable bonds is 25. The summed E-state index contributed by atoms with van der Waals surface area (Å²) in [5.41, 5.74) is 0.488. The largest absolute Gasteiger partial charge is 0.508 e. The van der Waals surface area contributed by atoms with Crippen molar-refractivity contribution < 1.29 is 54.4 Å². The number of ether oxygens (including phenoxy) is 3. The number of hydrogen-bond donors (Lipinski definition) is 6. The smallest absolute Gasteiger partial charge is 0.305 e. The van der Waals surface area contributed by atoms with Crippen LogP contribution in [-0.2, 0) is 20.7 Å². The molecule has 0 bridgehead atoms. The van der Waals surface area contributed by atoms with E-state index in [1.54, 1.807) is 12.1 Å². The molecule has 0 radical (unpaired) electrons. The number of phenols is 3. The van der Waals surface area contributed by atoms with Gasteiger partial charge in [0.1, 0.15) is 59.6 Å². The summed E-state index contributed by atoms with van der Waals surface area (Å²) in [7, 11) is 0. The minimum atomic E-state index is -1.78. The van der Waals surface area contributed by atoms with Crippen molar-refractivity contribution in [2.45, 2.75) is 160 Å². The Labute approximate surface area is 302 Å². The maximum absolute atomic E-state index is 13.2. The SMILES string of the molecule is CCCCCCCCCCCCCCCCCCC(=O)OC[C@H]1O[C@@H](Oc2cc(O)cc(O)c2C(=O)CCc2ccc(O)cc2)[C@H](O)[C@@H](O)[C@@H]1O. The van der Waals surface area contributed by atoms with Crippen molar-refractivity contribution in [1.29, 1.82) is 0 Å². The summed E-state index contributed by atoms with van der Waals surface area (Å²) in [6.45, 7) is 1.84. The molecule has 286 valence electrons. The molecule has 1 aliphatic rings. The lowest BCUT2D eigenvalue weighted by molar-refractivity contribution is -0.278. The van der Waals surface area contributed by atoms with Crippen LogP contribution in [0, 0.1) is 0 Å². The number of hydrogen-bond acceptors (Lipinski definition) is 11. The number of phenolic OH excluding ortho intramolecular Hbond substituents is 3. The Hall–Kier alpha value is -3.38. The van der Waals surface area contributed by atoms with Gasteiger partial charge in [-0.1, -0.05) is 115 Å². The third kappa shape index (κ3) is 15.0. The van der Waals surface area contributed by atoms with Crippen molar-refractivity contribution in [3.8, 4) is 23.0 Å². The minimum Gasteiger partial charge on any atom is -0.508 e. The third-order valence-electron chi connectivity index (χ3n) is 9.48. The number of carbonyl (C=O) groups is 2. The highest BCUT2D eigenvalue weighted by Gasteiger charge is 2.46. The van der Waals surface area contributed by atoms with Gasteiger partial charge in [-0.3, -0.25) is 9.59 Å². The van der Waals surface area contributed by atoms with E-state index >= 15 is 0 Å². The molecule has 2 aromatic carbocycles. The van der Waals surface area contributed by atoms with E-state index in [1.165, 1.54) is 89.2 Å². The summed E-state index contributed by atoms with van der Waals surface area (Å²) in [4.78, 5) is 25.6. The molecule has 6 N–H and O–H groups in total. The van der Waals surface area contributed by atoms with Gasteiger partial charge in [-0.2, -0.15) is 0 Å². The van der Waals surface area contributed by atoms with Crippen molar-refractivity contribution in [2.24, 2.45) is 0 Å². The molecule has 1 saturated heterocycles. The van der Waals surface area contributed by atoms with Crippen LogP contribution in [-0.4, -0.2) is 79.7 Å². The van der Waals surface area contributed by atoms with Gasteiger partial charge in [0.15, 0.2) is 5.78 Å². The van der Waals surface area contributed by atoms with Gasteiger partial charge >= 0.3 is 5.97 Å². The summed E-state index contributed by atoms with van der Waals surface area (Å²) >= 11 is 0. The number of unbranched alkanes of at least 4 members (excludes halogenated alkanes) is 15. The fourth-order valence-corrected chi connectivity index (χ4v) is 6.35. The molecular weight excluding hydrogens is 656 g/mol. The van der Waals surface area contributed by atoms with E-state index in [-0.39, 0.29) is 36.3 Å². The van der Waals surface area contributed by atoms with Crippen molar-refractivity contribution in [1.82, 2.24) is 0 Å². The molecule has 1 aliphatic heterocycles. The van der Waals surface area contributed by atoms with Crippen LogP contribution < -0.4 is 4.74 Å². The second-order valence-electron chi connectivity index (χ2n) is 13.8. The number of carbonyl (C=O) groups excluding carboxylic acids is 2. The average Bonchev–Trinajstić information content (AvgIpc) is 3.10. The van der Waals surface area contributed by atoms with Gasteiger partial charge < -0.3 is 44.8 Å². The lowest BCUT2D eigenvalue weighted by Crippen LogP contribution is -2.60. The maximum Gasteiger partial charge on any atom is 0.305 e. The number of aliphatic hydroxyl groups is 3. The fourth-order valence-electron chi connectivity index (χ4n) is 6.35. The Morgan fingerprint density at radius 2 is 1.22 bits per heavy atom. The molecule has 0 saturated carbocycles. The van der Waals surface area contributed by atoms with Crippen LogP contribution in [0.3, 0.4) is 0 Å². The van der Waals surface area contributed by atoms with Gasteiger partial charge in [0, 0.05) is 25.0 Å². The molecular formula is C40H60O11. The Morgan fingerprint density at radius 1 is 0.667 bits per heavy atom. The Kier molecular flexibility index (Phi) is 19.2. The molecule has 5 atom stereocenters. The van der Waals surface area contributed by atoms with Crippen molar-refractivity contribution >= 4 is 11.8 Å². The molecule has 11 nitrogen and oxygen atoms in total. The predicted octanol–water partition coefficient (Wildman–Crippen LogP) is 7.00. The normalized spacial score (nSPS) is 20.3. The van der Waals surface area contributed by atoms with Crippen molar-refractivity contribution in [2.75, 3.05) is 6.61 Å². The first-order valence-corrected chi connectivity index (χ1v) is 19.0. The number of aryl methyl sites for hydroxylation is 1. The van der Waals surface area contributed by atoms with Gasteiger partial charge in [0.25, 0.3) is 0 Å². The average molecular weight is 717 g/mol. The standard InChI is InChI=1S/C40H60O11/c1-2-3-4-5-6-7-8-9-10-11-12-13-14-15-16-17-18-35(45)49-27-34-37(46)38(47)39(48)40(51-34)50-33-26-30(42)25-32(44)36(33)31(43)24-21-28-19-22-29(41)23-20-28/h19-20,22-23,25-26,34,37-42,44,46-48H,2-18,21,24,27H2,1H3/t34-,37-,38+,39-,40-/m1/s1. The molecule has 51 heavy (non-hydrogen) atoms. The molecule has 2 aromatic rings. The monoisotopic (exact) mass is 716 g/mol. The third-order valence-corrected chi connectivity index (χ3v) is 9.48. The molecule has 0 amide bonds. The van der Waals surface area contributed by atoms with E-state index in [0.717, 1.165) is 37.0 Å². The van der Waals surface area contributed by atoms with E-state index < -0.39 is 60.6 Å². The van der Waals surface area contributed by atoms with Gasteiger partial charge in [0.2, 0.25) is 6.29 Å². The fraction of sp³-hybridized carbons (Fsp3) is 0.650. The summed E-state index contributed by atoms with van der Waals surface area (Å²) in [5.74, 6) is -2.24. The Balaban J connectivity index is 1.37. The molecule has 11 heteroatoms. The highest BCUT2D eigenvalue weighted by atomic mass is 16.7. The van der Waals surface area contributed by atoms with Crippen LogP contribution in [0.1, 0.15) is 138 Å². The maximum atomic E-state index is 13.2. The van der Waals surface area contributed by atoms with Gasteiger partial charge in [0.05, 0.1) is 0 Å². The molecule has 0 spiro atoms. The van der Waals surface area contributed by atoms with E-state index in [9.17, 15) is 40.2 Å². The first-order valence-electron chi connectivity index (χ1n) is 19.0. The van der Waals surface area contributed by atoms with Gasteiger partial charge in [-0.15, -0.1) is 0 Å². The second kappa shape index (κ2) is 23.2. The number of esters is 1. The zero-order chi connectivity index (χ0) is 37.0. The second-order valence-corrected chi connectivity index (χ2v) is 13.8. The molecule has 0 aromatic heterocycles. The molecule has 0 unspecified atom stereocenters. The van der Waals surface area contributed by atoms with Crippen molar-refractivity contribution in [3.63, 3.8) is 0 Å².